The Morgan fingerprint density at radius 1 is 0.816 bits per heavy atom. The molecule has 0 radical (unpaired) electrons. The second-order valence-electron chi connectivity index (χ2n) is 7.86. The van der Waals surface area contributed by atoms with Crippen molar-refractivity contribution >= 4 is 34.6 Å². The zero-order valence-corrected chi connectivity index (χ0v) is 20.8. The molecule has 0 spiro atoms. The smallest absolute Gasteiger partial charge is 0.277 e. The van der Waals surface area contributed by atoms with Gasteiger partial charge >= 0.3 is 0 Å². The standard InChI is InChI=1S/C28H26N4O6/c1-35-22-10-4-3-9-21(22)31-26(33)17-37-23-13-12-19(15-25(23)36-2)16-30-32-27(34)18-38-24-11-5-7-20-8-6-14-29-28(20)24/h3-16H,17-18H2,1-2H3,(H,31,33)(H,32,34)/b30-16-. The fourth-order valence-electron chi connectivity index (χ4n) is 3.51. The van der Waals surface area contributed by atoms with Crippen molar-refractivity contribution in [2.24, 2.45) is 5.10 Å². The minimum Gasteiger partial charge on any atom is -0.495 e. The predicted octanol–water partition coefficient (Wildman–Crippen LogP) is 3.80. The summed E-state index contributed by atoms with van der Waals surface area (Å²) in [6.07, 6.45) is 3.12. The van der Waals surface area contributed by atoms with E-state index in [2.05, 4.69) is 20.8 Å². The Kier molecular flexibility index (Phi) is 8.69. The second kappa shape index (κ2) is 12.7. The van der Waals surface area contributed by atoms with E-state index in [4.69, 9.17) is 18.9 Å². The summed E-state index contributed by atoms with van der Waals surface area (Å²) in [7, 11) is 3.01. The molecule has 1 aromatic heterocycles. The fraction of sp³-hybridized carbons (Fsp3) is 0.143. The van der Waals surface area contributed by atoms with Crippen LogP contribution >= 0.6 is 0 Å². The lowest BCUT2D eigenvalue weighted by Gasteiger charge is -2.12. The van der Waals surface area contributed by atoms with E-state index >= 15 is 0 Å². The van der Waals surface area contributed by atoms with E-state index in [9.17, 15) is 9.59 Å². The summed E-state index contributed by atoms with van der Waals surface area (Å²) >= 11 is 0. The highest BCUT2D eigenvalue weighted by Crippen LogP contribution is 2.28. The van der Waals surface area contributed by atoms with E-state index in [0.717, 1.165) is 5.39 Å². The quantitative estimate of drug-likeness (QED) is 0.231. The number of aromatic nitrogens is 1. The number of amides is 2. The zero-order valence-electron chi connectivity index (χ0n) is 20.8. The number of anilines is 1. The highest BCUT2D eigenvalue weighted by atomic mass is 16.5. The molecule has 4 rings (SSSR count). The molecular weight excluding hydrogens is 488 g/mol. The van der Waals surface area contributed by atoms with Gasteiger partial charge in [0.1, 0.15) is 17.0 Å². The van der Waals surface area contributed by atoms with Gasteiger partial charge in [0.2, 0.25) is 0 Å². The average molecular weight is 515 g/mol. The molecule has 1 heterocycles. The Morgan fingerprint density at radius 3 is 2.39 bits per heavy atom. The van der Waals surface area contributed by atoms with Crippen molar-refractivity contribution in [1.82, 2.24) is 10.4 Å². The lowest BCUT2D eigenvalue weighted by Crippen LogP contribution is -2.24. The molecule has 0 aliphatic carbocycles. The molecule has 38 heavy (non-hydrogen) atoms. The Balaban J connectivity index is 1.28. The van der Waals surface area contributed by atoms with E-state index in [-0.39, 0.29) is 19.1 Å². The van der Waals surface area contributed by atoms with Crippen molar-refractivity contribution < 1.29 is 28.5 Å². The molecule has 0 saturated heterocycles. The molecule has 0 aliphatic heterocycles. The Bertz CT molecular complexity index is 1450. The van der Waals surface area contributed by atoms with Gasteiger partial charge in [-0.3, -0.25) is 14.6 Å². The van der Waals surface area contributed by atoms with Crippen molar-refractivity contribution in [1.29, 1.82) is 0 Å². The molecule has 0 saturated carbocycles. The first-order chi connectivity index (χ1) is 18.6. The fourth-order valence-corrected chi connectivity index (χ4v) is 3.51. The molecule has 2 amide bonds. The number of benzene rings is 3. The van der Waals surface area contributed by atoms with Gasteiger partial charge < -0.3 is 24.3 Å². The summed E-state index contributed by atoms with van der Waals surface area (Å²) in [5.41, 5.74) is 4.29. The summed E-state index contributed by atoms with van der Waals surface area (Å²) in [5.74, 6) is 1.05. The molecule has 0 bridgehead atoms. The molecular formula is C28H26N4O6. The van der Waals surface area contributed by atoms with Gasteiger partial charge in [-0.1, -0.05) is 30.3 Å². The van der Waals surface area contributed by atoms with Crippen molar-refractivity contribution in [3.05, 3.63) is 84.6 Å². The Morgan fingerprint density at radius 2 is 1.55 bits per heavy atom. The first-order valence-electron chi connectivity index (χ1n) is 11.6. The van der Waals surface area contributed by atoms with Gasteiger partial charge in [0.15, 0.2) is 24.7 Å². The third kappa shape index (κ3) is 6.76. The topological polar surface area (TPSA) is 120 Å². The van der Waals surface area contributed by atoms with Gasteiger partial charge in [-0.25, -0.2) is 5.43 Å². The van der Waals surface area contributed by atoms with Gasteiger partial charge in [-0.15, -0.1) is 0 Å². The maximum atomic E-state index is 12.3. The van der Waals surface area contributed by atoms with Crippen LogP contribution < -0.4 is 29.7 Å². The molecule has 10 nitrogen and oxygen atoms in total. The number of methoxy groups -OCH3 is 2. The van der Waals surface area contributed by atoms with Crippen LogP contribution in [0.3, 0.4) is 0 Å². The van der Waals surface area contributed by atoms with Gasteiger partial charge in [0.05, 0.1) is 26.1 Å². The number of para-hydroxylation sites is 3. The lowest BCUT2D eigenvalue weighted by atomic mass is 10.2. The first-order valence-corrected chi connectivity index (χ1v) is 11.6. The average Bonchev–Trinajstić information content (AvgIpc) is 2.95. The maximum Gasteiger partial charge on any atom is 0.277 e. The number of hydrazone groups is 1. The molecule has 194 valence electrons. The summed E-state index contributed by atoms with van der Waals surface area (Å²) in [5, 5.41) is 7.63. The van der Waals surface area contributed by atoms with E-state index in [0.29, 0.717) is 39.8 Å². The number of fused-ring (bicyclic) bond motifs is 1. The number of nitrogens with zero attached hydrogens (tertiary/aromatic N) is 2. The summed E-state index contributed by atoms with van der Waals surface area (Å²) in [6.45, 7) is -0.454. The number of rotatable bonds is 11. The van der Waals surface area contributed by atoms with Gasteiger partial charge in [0.25, 0.3) is 11.8 Å². The predicted molar refractivity (Wildman–Crippen MR) is 143 cm³/mol. The molecule has 10 heteroatoms. The number of carbonyl (C=O) groups is 2. The number of hydrogen-bond donors (Lipinski definition) is 2. The minimum atomic E-state index is -0.429. The van der Waals surface area contributed by atoms with E-state index in [1.807, 2.05) is 30.3 Å². The van der Waals surface area contributed by atoms with Gasteiger partial charge in [0, 0.05) is 11.6 Å². The molecule has 0 fully saturated rings. The van der Waals surface area contributed by atoms with Crippen LogP contribution in [-0.4, -0.2) is 50.4 Å². The van der Waals surface area contributed by atoms with Crippen molar-refractivity contribution in [3.63, 3.8) is 0 Å². The molecule has 0 aliphatic rings. The number of nitrogens with one attached hydrogen (secondary N) is 2. The van der Waals surface area contributed by atoms with Crippen LogP contribution in [0.4, 0.5) is 5.69 Å². The molecule has 0 atom stereocenters. The van der Waals surface area contributed by atoms with Crippen LogP contribution in [0.25, 0.3) is 10.9 Å². The number of pyridine rings is 1. The van der Waals surface area contributed by atoms with Crippen LogP contribution in [0.2, 0.25) is 0 Å². The normalized spacial score (nSPS) is 10.7. The third-order valence-electron chi connectivity index (χ3n) is 5.28. The highest BCUT2D eigenvalue weighted by Gasteiger charge is 2.11. The summed E-state index contributed by atoms with van der Waals surface area (Å²) < 4.78 is 21.8. The number of ether oxygens (including phenoxy) is 4. The summed E-state index contributed by atoms with van der Waals surface area (Å²) in [6, 6.07) is 21.4. The van der Waals surface area contributed by atoms with Crippen molar-refractivity contribution in [2.75, 3.05) is 32.8 Å². The maximum absolute atomic E-state index is 12.3. The van der Waals surface area contributed by atoms with Gasteiger partial charge in [-0.2, -0.15) is 5.10 Å². The number of carbonyl (C=O) groups excluding carboxylic acids is 2. The highest BCUT2D eigenvalue weighted by molar-refractivity contribution is 5.93. The van der Waals surface area contributed by atoms with Crippen molar-refractivity contribution in [2.45, 2.75) is 0 Å². The summed E-state index contributed by atoms with van der Waals surface area (Å²) in [4.78, 5) is 28.8. The Hall–Kier alpha value is -5.12. The zero-order chi connectivity index (χ0) is 26.7. The molecule has 4 aromatic rings. The largest absolute Gasteiger partial charge is 0.495 e. The van der Waals surface area contributed by atoms with E-state index in [1.165, 1.54) is 20.4 Å². The molecule has 2 N–H and O–H groups in total. The van der Waals surface area contributed by atoms with Crippen molar-refractivity contribution in [3.8, 4) is 23.0 Å². The number of hydrogen-bond acceptors (Lipinski definition) is 8. The monoisotopic (exact) mass is 514 g/mol. The first kappa shape index (κ1) is 26.0. The SMILES string of the molecule is COc1ccccc1NC(=O)COc1ccc(/C=N\NC(=O)COc2cccc3cccnc23)cc1OC. The van der Waals surface area contributed by atoms with E-state index in [1.54, 1.807) is 48.7 Å². The van der Waals surface area contributed by atoms with Crippen LogP contribution in [0.5, 0.6) is 23.0 Å². The second-order valence-corrected chi connectivity index (χ2v) is 7.86. The van der Waals surface area contributed by atoms with Crippen LogP contribution in [-0.2, 0) is 9.59 Å². The van der Waals surface area contributed by atoms with Crippen LogP contribution in [0.15, 0.2) is 84.1 Å². The lowest BCUT2D eigenvalue weighted by molar-refractivity contribution is -0.123. The molecule has 3 aromatic carbocycles. The Labute approximate surface area is 219 Å². The molecule has 0 unspecified atom stereocenters. The van der Waals surface area contributed by atoms with Crippen LogP contribution in [0.1, 0.15) is 5.56 Å². The third-order valence-corrected chi connectivity index (χ3v) is 5.28. The van der Waals surface area contributed by atoms with Crippen LogP contribution in [0, 0.1) is 0 Å². The van der Waals surface area contributed by atoms with Gasteiger partial charge in [-0.05, 0) is 48.0 Å². The minimum absolute atomic E-state index is 0.222. The van der Waals surface area contributed by atoms with E-state index < -0.39 is 5.91 Å².